The number of carbonyl (C=O) groups excluding carboxylic acids is 2. The number of fused-ring (bicyclic) bond motifs is 3. The highest BCUT2D eigenvalue weighted by atomic mass is 32.2. The summed E-state index contributed by atoms with van der Waals surface area (Å²) in [6.45, 7) is 4.97. The van der Waals surface area contributed by atoms with Gasteiger partial charge >= 0.3 is 0 Å². The van der Waals surface area contributed by atoms with Crippen molar-refractivity contribution in [3.8, 4) is 6.07 Å². The minimum absolute atomic E-state index is 0.0118. The first-order valence-electron chi connectivity index (χ1n) is 11.5. The van der Waals surface area contributed by atoms with Crippen LogP contribution < -0.4 is 5.14 Å². The molecule has 33 heavy (non-hydrogen) atoms. The number of nitrogens with zero attached hydrogens (tertiary/aromatic N) is 4. The molecule has 0 aromatic heterocycles. The minimum atomic E-state index is -3.82. The molecule has 1 aromatic rings. The molecule has 1 aliphatic carbocycles. The Morgan fingerprint density at radius 2 is 2.03 bits per heavy atom. The van der Waals surface area contributed by atoms with E-state index in [0.717, 1.165) is 18.4 Å². The Labute approximate surface area is 194 Å². The van der Waals surface area contributed by atoms with Crippen molar-refractivity contribution in [2.24, 2.45) is 17.0 Å². The molecule has 1 saturated carbocycles. The van der Waals surface area contributed by atoms with Gasteiger partial charge in [-0.15, -0.1) is 0 Å². The van der Waals surface area contributed by atoms with Crippen molar-refractivity contribution in [3.05, 3.63) is 29.8 Å². The zero-order chi connectivity index (χ0) is 23.7. The van der Waals surface area contributed by atoms with E-state index in [9.17, 15) is 23.3 Å². The van der Waals surface area contributed by atoms with E-state index in [1.807, 2.05) is 24.8 Å². The van der Waals surface area contributed by atoms with E-state index >= 15 is 0 Å². The third-order valence-corrected chi connectivity index (χ3v) is 8.75. The van der Waals surface area contributed by atoms with E-state index in [2.05, 4.69) is 11.0 Å². The molecule has 2 amide bonds. The fourth-order valence-corrected chi connectivity index (χ4v) is 6.65. The number of nitriles is 1. The Morgan fingerprint density at radius 3 is 2.70 bits per heavy atom. The van der Waals surface area contributed by atoms with Gasteiger partial charge in [-0.3, -0.25) is 14.5 Å². The fourth-order valence-electron chi connectivity index (χ4n) is 6.08. The lowest BCUT2D eigenvalue weighted by atomic mass is 10.0. The molecule has 0 spiro atoms. The molecule has 3 aliphatic heterocycles. The van der Waals surface area contributed by atoms with Gasteiger partial charge in [-0.25, -0.2) is 13.6 Å². The van der Waals surface area contributed by atoms with Crippen LogP contribution in [0.4, 0.5) is 0 Å². The van der Waals surface area contributed by atoms with Crippen molar-refractivity contribution in [2.45, 2.75) is 68.2 Å². The van der Waals surface area contributed by atoms with Gasteiger partial charge in [-0.2, -0.15) is 5.26 Å². The van der Waals surface area contributed by atoms with Gasteiger partial charge in [0, 0.05) is 31.1 Å². The zero-order valence-corrected chi connectivity index (χ0v) is 19.6. The number of hydrogen-bond acceptors (Lipinski definition) is 6. The molecular weight excluding hydrogens is 442 g/mol. The molecule has 4 fully saturated rings. The third kappa shape index (κ3) is 3.72. The number of rotatable bonds is 6. The van der Waals surface area contributed by atoms with Crippen LogP contribution in [0, 0.1) is 23.2 Å². The summed E-state index contributed by atoms with van der Waals surface area (Å²) in [5.74, 6) is 0.243. The van der Waals surface area contributed by atoms with Crippen LogP contribution in [-0.2, 0) is 19.6 Å². The normalized spacial score (nSPS) is 32.5. The molecule has 0 radical (unpaired) electrons. The zero-order valence-electron chi connectivity index (χ0n) is 18.8. The van der Waals surface area contributed by atoms with Gasteiger partial charge in [0.2, 0.25) is 21.8 Å². The number of benzene rings is 1. The van der Waals surface area contributed by atoms with Crippen LogP contribution in [0.15, 0.2) is 29.2 Å². The molecule has 1 unspecified atom stereocenters. The standard InChI is InChI=1S/C23H29N5O4S/c1-13(22(29)28-17(10-24)6-16-8-20(16)28)11-26-12-18-9-21(26)23(30)27(18)14(2)15-4-3-5-19(7-15)33(25,31)32/h3-5,7,13-14,16-18,20-21H,6,8-9,11-12H2,1-2H3,(H2,25,31,32)/t13-,14-,16+,17-,18+,20?,21+/m0/s1. The number of sulfonamides is 1. The van der Waals surface area contributed by atoms with Crippen LogP contribution in [0.1, 0.15) is 44.7 Å². The lowest BCUT2D eigenvalue weighted by molar-refractivity contribution is -0.142. The van der Waals surface area contributed by atoms with Gasteiger partial charge in [-0.05, 0) is 49.8 Å². The summed E-state index contributed by atoms with van der Waals surface area (Å²) >= 11 is 0. The molecule has 3 heterocycles. The second-order valence-corrected chi connectivity index (χ2v) is 11.5. The van der Waals surface area contributed by atoms with Crippen LogP contribution in [0.25, 0.3) is 0 Å². The predicted octanol–water partition coefficient (Wildman–Crippen LogP) is 0.829. The Hall–Kier alpha value is -2.48. The summed E-state index contributed by atoms with van der Waals surface area (Å²) in [7, 11) is -3.82. The number of primary sulfonamides is 1. The molecule has 2 N–H and O–H groups in total. The molecule has 1 aromatic carbocycles. The van der Waals surface area contributed by atoms with Gasteiger partial charge in [0.25, 0.3) is 0 Å². The van der Waals surface area contributed by atoms with Gasteiger partial charge < -0.3 is 9.80 Å². The largest absolute Gasteiger partial charge is 0.330 e. The first kappa shape index (κ1) is 22.3. The minimum Gasteiger partial charge on any atom is -0.330 e. The molecule has 176 valence electrons. The lowest BCUT2D eigenvalue weighted by Gasteiger charge is -2.38. The van der Waals surface area contributed by atoms with Crippen molar-refractivity contribution < 1.29 is 18.0 Å². The number of nitrogens with two attached hydrogens (primary N) is 1. The average molecular weight is 472 g/mol. The van der Waals surface area contributed by atoms with Crippen molar-refractivity contribution >= 4 is 21.8 Å². The van der Waals surface area contributed by atoms with E-state index in [-0.39, 0.29) is 52.8 Å². The Balaban J connectivity index is 1.25. The maximum Gasteiger partial charge on any atom is 0.240 e. The molecular formula is C23H29N5O4S. The number of piperidine rings is 1. The van der Waals surface area contributed by atoms with Crippen molar-refractivity contribution in [1.82, 2.24) is 14.7 Å². The highest BCUT2D eigenvalue weighted by molar-refractivity contribution is 7.89. The number of likely N-dealkylation sites (tertiary alicyclic amines) is 3. The lowest BCUT2D eigenvalue weighted by Crippen LogP contribution is -2.53. The summed E-state index contributed by atoms with van der Waals surface area (Å²) in [6, 6.07) is 8.09. The second-order valence-electron chi connectivity index (χ2n) is 9.99. The monoisotopic (exact) mass is 471 g/mol. The van der Waals surface area contributed by atoms with Crippen LogP contribution >= 0.6 is 0 Å². The molecule has 9 nitrogen and oxygen atoms in total. The molecule has 2 bridgehead atoms. The van der Waals surface area contributed by atoms with Crippen LogP contribution in [-0.4, -0.2) is 72.2 Å². The fraction of sp³-hybridized carbons (Fsp3) is 0.609. The van der Waals surface area contributed by atoms with Crippen molar-refractivity contribution in [1.29, 1.82) is 5.26 Å². The quantitative estimate of drug-likeness (QED) is 0.655. The highest BCUT2D eigenvalue weighted by Crippen LogP contribution is 2.48. The summed E-state index contributed by atoms with van der Waals surface area (Å²) in [5, 5.41) is 14.7. The smallest absolute Gasteiger partial charge is 0.240 e. The van der Waals surface area contributed by atoms with E-state index in [0.29, 0.717) is 25.4 Å². The number of piperazine rings is 1. The molecule has 7 atom stereocenters. The van der Waals surface area contributed by atoms with Crippen LogP contribution in [0.2, 0.25) is 0 Å². The van der Waals surface area contributed by atoms with Gasteiger partial charge in [0.15, 0.2) is 0 Å². The SMILES string of the molecule is C[C@@H](CN1C[C@H]2C[C@@H]1C(=O)N2[C@@H](C)c1cccc(S(N)(=O)=O)c1)C(=O)N1C2C[C@H]2C[C@H]1C#N. The first-order chi connectivity index (χ1) is 15.6. The Bertz CT molecular complexity index is 1150. The topological polar surface area (TPSA) is 128 Å². The Morgan fingerprint density at radius 1 is 1.27 bits per heavy atom. The van der Waals surface area contributed by atoms with Crippen LogP contribution in [0.3, 0.4) is 0 Å². The van der Waals surface area contributed by atoms with E-state index in [4.69, 9.17) is 5.14 Å². The Kier molecular flexibility index (Phi) is 5.27. The summed E-state index contributed by atoms with van der Waals surface area (Å²) < 4.78 is 23.4. The number of amides is 2. The number of carbonyl (C=O) groups is 2. The van der Waals surface area contributed by atoms with Crippen LogP contribution in [0.5, 0.6) is 0 Å². The maximum absolute atomic E-state index is 13.2. The van der Waals surface area contributed by atoms with Gasteiger partial charge in [-0.1, -0.05) is 19.1 Å². The van der Waals surface area contributed by atoms with Crippen molar-refractivity contribution in [2.75, 3.05) is 13.1 Å². The molecule has 4 aliphatic rings. The van der Waals surface area contributed by atoms with Crippen molar-refractivity contribution in [3.63, 3.8) is 0 Å². The number of hydrogen-bond donors (Lipinski definition) is 1. The van der Waals surface area contributed by atoms with E-state index in [1.54, 1.807) is 11.0 Å². The summed E-state index contributed by atoms with van der Waals surface area (Å²) in [4.78, 5) is 32.1. The molecule has 5 rings (SSSR count). The first-order valence-corrected chi connectivity index (χ1v) is 13.1. The van der Waals surface area contributed by atoms with Gasteiger partial charge in [0.1, 0.15) is 6.04 Å². The average Bonchev–Trinajstić information content (AvgIpc) is 3.11. The van der Waals surface area contributed by atoms with Gasteiger partial charge in [0.05, 0.1) is 23.0 Å². The third-order valence-electron chi connectivity index (χ3n) is 7.84. The van der Waals surface area contributed by atoms with E-state index < -0.39 is 10.0 Å². The molecule has 10 heteroatoms. The predicted molar refractivity (Wildman–Crippen MR) is 119 cm³/mol. The second kappa shape index (κ2) is 7.79. The summed E-state index contributed by atoms with van der Waals surface area (Å²) in [5.41, 5.74) is 0.730. The highest BCUT2D eigenvalue weighted by Gasteiger charge is 2.55. The maximum atomic E-state index is 13.2. The summed E-state index contributed by atoms with van der Waals surface area (Å²) in [6.07, 6.45) is 2.49. The molecule has 3 saturated heterocycles. The van der Waals surface area contributed by atoms with E-state index in [1.165, 1.54) is 12.1 Å².